The Morgan fingerprint density at radius 1 is 1.25 bits per heavy atom. The van der Waals surface area contributed by atoms with E-state index in [9.17, 15) is 14.4 Å². The van der Waals surface area contributed by atoms with Crippen molar-refractivity contribution in [2.24, 2.45) is 0 Å². The highest BCUT2D eigenvalue weighted by Crippen LogP contribution is 2.25. The van der Waals surface area contributed by atoms with Gasteiger partial charge in [-0.05, 0) is 41.4 Å². The molecule has 0 bridgehead atoms. The van der Waals surface area contributed by atoms with Crippen molar-refractivity contribution < 1.29 is 23.9 Å². The van der Waals surface area contributed by atoms with Crippen LogP contribution in [0.25, 0.3) is 0 Å². The molecule has 1 heterocycles. The van der Waals surface area contributed by atoms with Crippen LogP contribution in [-0.2, 0) is 23.9 Å². The van der Waals surface area contributed by atoms with Gasteiger partial charge in [0.05, 0.1) is 30.1 Å². The second-order valence-corrected chi connectivity index (χ2v) is 5.86. The van der Waals surface area contributed by atoms with E-state index in [1.807, 2.05) is 0 Å². The summed E-state index contributed by atoms with van der Waals surface area (Å²) in [5.41, 5.74) is 0.552. The summed E-state index contributed by atoms with van der Waals surface area (Å²) in [4.78, 5) is 39.1. The number of carbonyl (C=O) groups is 3. The summed E-state index contributed by atoms with van der Waals surface area (Å²) in [6, 6.07) is 0.941. The van der Waals surface area contributed by atoms with Gasteiger partial charge >= 0.3 is 11.9 Å². The zero-order chi connectivity index (χ0) is 18.1. The number of hydrogen-bond acceptors (Lipinski definition) is 6. The summed E-state index contributed by atoms with van der Waals surface area (Å²) in [5, 5.41) is 2.87. The predicted octanol–water partition coefficient (Wildman–Crippen LogP) is 2.56. The molecule has 0 aliphatic heterocycles. The van der Waals surface area contributed by atoms with Gasteiger partial charge in [-0.25, -0.2) is 4.98 Å². The lowest BCUT2D eigenvalue weighted by molar-refractivity contribution is -0.146. The molecule has 1 aromatic rings. The van der Waals surface area contributed by atoms with Crippen molar-refractivity contribution in [1.82, 2.24) is 10.3 Å². The maximum atomic E-state index is 12.0. The maximum absolute atomic E-state index is 12.0. The lowest BCUT2D eigenvalue weighted by Crippen LogP contribution is -2.32. The molecule has 1 aromatic heterocycles. The van der Waals surface area contributed by atoms with Gasteiger partial charge in [-0.15, -0.1) is 0 Å². The van der Waals surface area contributed by atoms with Crippen LogP contribution in [0.15, 0.2) is 16.7 Å². The SMILES string of the molecule is CCOC(=O)CC(=O)NC(CC(=O)OCC)c1cnc(Cl)c(Br)c1. The molecule has 9 heteroatoms. The minimum atomic E-state index is -0.702. The first-order valence-corrected chi connectivity index (χ1v) is 8.46. The number of ether oxygens (including phenoxy) is 2. The first-order chi connectivity index (χ1) is 11.4. The van der Waals surface area contributed by atoms with E-state index in [4.69, 9.17) is 21.1 Å². The standard InChI is InChI=1S/C15H18BrClN2O5/c1-3-23-13(21)6-11(9-5-10(16)15(17)18-8-9)19-12(20)7-14(22)24-4-2/h5,8,11H,3-4,6-7H2,1-2H3,(H,19,20). The lowest BCUT2D eigenvalue weighted by Gasteiger charge is -2.18. The molecule has 24 heavy (non-hydrogen) atoms. The van der Waals surface area contributed by atoms with Gasteiger partial charge in [0.1, 0.15) is 11.6 Å². The zero-order valence-electron chi connectivity index (χ0n) is 13.3. The summed E-state index contributed by atoms with van der Waals surface area (Å²) < 4.78 is 10.2. The topological polar surface area (TPSA) is 94.6 Å². The Morgan fingerprint density at radius 2 is 1.88 bits per heavy atom. The quantitative estimate of drug-likeness (QED) is 0.394. The predicted molar refractivity (Wildman–Crippen MR) is 90.3 cm³/mol. The Bertz CT molecular complexity index is 612. The molecule has 0 aliphatic carbocycles. The number of aromatic nitrogens is 1. The third kappa shape index (κ3) is 6.84. The third-order valence-electron chi connectivity index (χ3n) is 2.84. The summed E-state index contributed by atoms with van der Waals surface area (Å²) >= 11 is 9.09. The number of pyridine rings is 1. The highest BCUT2D eigenvalue weighted by Gasteiger charge is 2.22. The maximum Gasteiger partial charge on any atom is 0.315 e. The average molecular weight is 422 g/mol. The molecular formula is C15H18BrClN2O5. The van der Waals surface area contributed by atoms with Gasteiger partial charge in [-0.1, -0.05) is 11.6 Å². The minimum absolute atomic E-state index is 0.0990. The van der Waals surface area contributed by atoms with Crippen molar-refractivity contribution in [2.45, 2.75) is 32.7 Å². The van der Waals surface area contributed by atoms with Crippen LogP contribution < -0.4 is 5.32 Å². The van der Waals surface area contributed by atoms with Crippen molar-refractivity contribution in [3.63, 3.8) is 0 Å². The van der Waals surface area contributed by atoms with Crippen LogP contribution in [0.3, 0.4) is 0 Å². The molecule has 0 spiro atoms. The second kappa shape index (κ2) is 10.2. The van der Waals surface area contributed by atoms with E-state index in [-0.39, 0.29) is 24.8 Å². The van der Waals surface area contributed by atoms with Crippen molar-refractivity contribution in [3.05, 3.63) is 27.5 Å². The van der Waals surface area contributed by atoms with Crippen LogP contribution in [-0.4, -0.2) is 36.0 Å². The molecule has 0 aromatic carbocycles. The Labute approximate surface area is 153 Å². The largest absolute Gasteiger partial charge is 0.466 e. The fourth-order valence-electron chi connectivity index (χ4n) is 1.85. The number of rotatable bonds is 8. The summed E-state index contributed by atoms with van der Waals surface area (Å²) in [5.74, 6) is -1.68. The van der Waals surface area contributed by atoms with Crippen molar-refractivity contribution >= 4 is 45.4 Å². The minimum Gasteiger partial charge on any atom is -0.466 e. The second-order valence-electron chi connectivity index (χ2n) is 4.65. The molecule has 0 fully saturated rings. The Balaban J connectivity index is 2.88. The molecule has 1 rings (SSSR count). The molecular weight excluding hydrogens is 404 g/mol. The molecule has 1 N–H and O–H groups in total. The van der Waals surface area contributed by atoms with Gasteiger partial charge < -0.3 is 14.8 Å². The van der Waals surface area contributed by atoms with E-state index in [2.05, 4.69) is 26.2 Å². The van der Waals surface area contributed by atoms with Crippen LogP contribution in [0.4, 0.5) is 0 Å². The third-order valence-corrected chi connectivity index (χ3v) is 3.98. The molecule has 0 aliphatic rings. The first-order valence-electron chi connectivity index (χ1n) is 7.28. The van der Waals surface area contributed by atoms with Crippen LogP contribution >= 0.6 is 27.5 Å². The molecule has 0 radical (unpaired) electrons. The van der Waals surface area contributed by atoms with E-state index >= 15 is 0 Å². The Hall–Kier alpha value is -1.67. The molecule has 1 unspecified atom stereocenters. The Morgan fingerprint density at radius 3 is 2.46 bits per heavy atom. The van der Waals surface area contributed by atoms with E-state index < -0.39 is 30.3 Å². The number of carbonyl (C=O) groups excluding carboxylic acids is 3. The van der Waals surface area contributed by atoms with Crippen LogP contribution in [0.5, 0.6) is 0 Å². The molecule has 1 amide bonds. The average Bonchev–Trinajstić information content (AvgIpc) is 2.49. The van der Waals surface area contributed by atoms with Crippen molar-refractivity contribution in [2.75, 3.05) is 13.2 Å². The van der Waals surface area contributed by atoms with E-state index in [0.29, 0.717) is 10.0 Å². The number of nitrogens with one attached hydrogen (secondary N) is 1. The molecule has 1 atom stereocenters. The van der Waals surface area contributed by atoms with Gasteiger partial charge in [0.25, 0.3) is 0 Å². The zero-order valence-corrected chi connectivity index (χ0v) is 15.6. The van der Waals surface area contributed by atoms with Crippen LogP contribution in [0.1, 0.15) is 38.3 Å². The molecule has 0 saturated heterocycles. The number of halogens is 2. The monoisotopic (exact) mass is 420 g/mol. The number of nitrogens with zero attached hydrogens (tertiary/aromatic N) is 1. The van der Waals surface area contributed by atoms with Gasteiger partial charge in [0.15, 0.2) is 0 Å². The lowest BCUT2D eigenvalue weighted by atomic mass is 10.1. The summed E-state index contributed by atoms with van der Waals surface area (Å²) in [7, 11) is 0. The smallest absolute Gasteiger partial charge is 0.315 e. The van der Waals surface area contributed by atoms with Crippen molar-refractivity contribution in [1.29, 1.82) is 0 Å². The first kappa shape index (κ1) is 20.4. The molecule has 0 saturated carbocycles. The van der Waals surface area contributed by atoms with E-state index in [1.165, 1.54) is 6.20 Å². The van der Waals surface area contributed by atoms with Crippen LogP contribution in [0, 0.1) is 0 Å². The Kier molecular flexibility index (Phi) is 8.70. The highest BCUT2D eigenvalue weighted by atomic mass is 79.9. The van der Waals surface area contributed by atoms with E-state index in [1.54, 1.807) is 19.9 Å². The van der Waals surface area contributed by atoms with E-state index in [0.717, 1.165) is 0 Å². The normalized spacial score (nSPS) is 11.5. The van der Waals surface area contributed by atoms with Gasteiger partial charge in [-0.2, -0.15) is 0 Å². The molecule has 132 valence electrons. The fraction of sp³-hybridized carbons (Fsp3) is 0.467. The van der Waals surface area contributed by atoms with Crippen LogP contribution in [0.2, 0.25) is 5.15 Å². The molecule has 7 nitrogen and oxygen atoms in total. The summed E-state index contributed by atoms with van der Waals surface area (Å²) in [6.07, 6.45) is 0.912. The van der Waals surface area contributed by atoms with Gasteiger partial charge in [0.2, 0.25) is 5.91 Å². The van der Waals surface area contributed by atoms with Crippen molar-refractivity contribution in [3.8, 4) is 0 Å². The summed E-state index contributed by atoms with van der Waals surface area (Å²) in [6.45, 7) is 3.75. The van der Waals surface area contributed by atoms with Gasteiger partial charge in [0, 0.05) is 6.20 Å². The number of amides is 1. The number of hydrogen-bond donors (Lipinski definition) is 1. The van der Waals surface area contributed by atoms with Gasteiger partial charge in [-0.3, -0.25) is 14.4 Å². The number of esters is 2. The highest BCUT2D eigenvalue weighted by molar-refractivity contribution is 9.10. The fourth-order valence-corrected chi connectivity index (χ4v) is 2.32.